The minimum absolute atomic E-state index is 0.160. The number of benzene rings is 1. The summed E-state index contributed by atoms with van der Waals surface area (Å²) in [5, 5.41) is 3.95. The zero-order chi connectivity index (χ0) is 17.2. The zero-order valence-electron chi connectivity index (χ0n) is 12.7. The van der Waals surface area contributed by atoms with Crippen molar-refractivity contribution in [3.63, 3.8) is 0 Å². The molecule has 0 aliphatic rings. The smallest absolute Gasteiger partial charge is 0.250 e. The highest BCUT2D eigenvalue weighted by Gasteiger charge is 2.17. The van der Waals surface area contributed by atoms with Crippen molar-refractivity contribution in [3.05, 3.63) is 52.2 Å². The maximum atomic E-state index is 12.1. The van der Waals surface area contributed by atoms with Crippen LogP contribution in [-0.2, 0) is 16.4 Å². The SMILES string of the molecule is Cc1ccccc1-c1noc(CCNS(=O)(=O)c2ccc(Cl)s2)n1. The van der Waals surface area contributed by atoms with Gasteiger partial charge in [0.05, 0.1) is 4.34 Å². The fraction of sp³-hybridized carbons (Fsp3) is 0.200. The molecule has 0 aliphatic heterocycles. The van der Waals surface area contributed by atoms with Gasteiger partial charge in [-0.1, -0.05) is 41.0 Å². The summed E-state index contributed by atoms with van der Waals surface area (Å²) < 4.78 is 32.4. The Hall–Kier alpha value is -1.74. The van der Waals surface area contributed by atoms with E-state index in [-0.39, 0.29) is 10.8 Å². The molecule has 0 bridgehead atoms. The number of sulfonamides is 1. The largest absolute Gasteiger partial charge is 0.339 e. The molecule has 3 rings (SSSR count). The maximum Gasteiger partial charge on any atom is 0.250 e. The molecule has 0 fully saturated rings. The molecule has 0 spiro atoms. The van der Waals surface area contributed by atoms with E-state index in [1.54, 1.807) is 6.07 Å². The summed E-state index contributed by atoms with van der Waals surface area (Å²) in [6.07, 6.45) is 0.303. The number of nitrogens with one attached hydrogen (secondary N) is 1. The standard InChI is InChI=1S/C15H14ClN3O3S2/c1-10-4-2-3-5-11(10)15-18-13(22-19-15)8-9-17-24(20,21)14-7-6-12(16)23-14/h2-7,17H,8-9H2,1H3. The topological polar surface area (TPSA) is 85.1 Å². The van der Waals surface area contributed by atoms with Gasteiger partial charge in [0.25, 0.3) is 0 Å². The van der Waals surface area contributed by atoms with E-state index in [0.717, 1.165) is 22.5 Å². The van der Waals surface area contributed by atoms with Crippen molar-refractivity contribution in [2.75, 3.05) is 6.54 Å². The summed E-state index contributed by atoms with van der Waals surface area (Å²) in [5.74, 6) is 0.871. The fourth-order valence-electron chi connectivity index (χ4n) is 2.10. The number of halogens is 1. The van der Waals surface area contributed by atoms with Crippen LogP contribution in [0.15, 0.2) is 45.1 Å². The van der Waals surface area contributed by atoms with E-state index in [2.05, 4.69) is 14.9 Å². The van der Waals surface area contributed by atoms with E-state index in [9.17, 15) is 8.42 Å². The first-order chi connectivity index (χ1) is 11.5. The highest BCUT2D eigenvalue weighted by molar-refractivity contribution is 7.91. The number of hydrogen-bond donors (Lipinski definition) is 1. The van der Waals surface area contributed by atoms with E-state index in [4.69, 9.17) is 16.1 Å². The molecule has 0 amide bonds. The molecular weight excluding hydrogens is 370 g/mol. The summed E-state index contributed by atoms with van der Waals surface area (Å²) in [4.78, 5) is 4.31. The Kier molecular flexibility index (Phi) is 5.00. The Morgan fingerprint density at radius 3 is 2.75 bits per heavy atom. The Labute approximate surface area is 148 Å². The minimum atomic E-state index is -3.57. The van der Waals surface area contributed by atoms with Crippen molar-refractivity contribution >= 4 is 33.0 Å². The zero-order valence-corrected chi connectivity index (χ0v) is 15.1. The number of thiophene rings is 1. The number of aryl methyl sites for hydroxylation is 1. The third-order valence-electron chi connectivity index (χ3n) is 3.30. The monoisotopic (exact) mass is 383 g/mol. The first-order valence-corrected chi connectivity index (χ1v) is 9.77. The number of aromatic nitrogens is 2. The lowest BCUT2D eigenvalue weighted by Crippen LogP contribution is -2.25. The number of hydrogen-bond acceptors (Lipinski definition) is 6. The highest BCUT2D eigenvalue weighted by atomic mass is 35.5. The molecular formula is C15H14ClN3O3S2. The van der Waals surface area contributed by atoms with Crippen LogP contribution < -0.4 is 4.72 Å². The van der Waals surface area contributed by atoms with Gasteiger partial charge in [-0.15, -0.1) is 11.3 Å². The normalized spacial score (nSPS) is 11.8. The van der Waals surface area contributed by atoms with E-state index >= 15 is 0 Å². The van der Waals surface area contributed by atoms with Crippen molar-refractivity contribution < 1.29 is 12.9 Å². The van der Waals surface area contributed by atoms with Gasteiger partial charge in [0.1, 0.15) is 4.21 Å². The van der Waals surface area contributed by atoms with Gasteiger partial charge < -0.3 is 4.52 Å². The fourth-order valence-corrected chi connectivity index (χ4v) is 4.65. The van der Waals surface area contributed by atoms with Crippen molar-refractivity contribution in [3.8, 4) is 11.4 Å². The third kappa shape index (κ3) is 3.84. The molecule has 0 saturated carbocycles. The first-order valence-electron chi connectivity index (χ1n) is 7.09. The first kappa shape index (κ1) is 17.1. The van der Waals surface area contributed by atoms with Crippen LogP contribution in [0.5, 0.6) is 0 Å². The van der Waals surface area contributed by atoms with Crippen LogP contribution in [0.4, 0.5) is 0 Å². The average Bonchev–Trinajstić information content (AvgIpc) is 3.17. The van der Waals surface area contributed by atoms with Crippen molar-refractivity contribution in [2.24, 2.45) is 0 Å². The quantitative estimate of drug-likeness (QED) is 0.706. The summed E-state index contributed by atoms with van der Waals surface area (Å²) in [5.41, 5.74) is 1.93. The van der Waals surface area contributed by atoms with Crippen molar-refractivity contribution in [1.82, 2.24) is 14.9 Å². The van der Waals surface area contributed by atoms with Gasteiger partial charge in [-0.05, 0) is 24.6 Å². The van der Waals surface area contributed by atoms with Crippen LogP contribution in [0.25, 0.3) is 11.4 Å². The molecule has 9 heteroatoms. The van der Waals surface area contributed by atoms with Crippen molar-refractivity contribution in [1.29, 1.82) is 0 Å². The van der Waals surface area contributed by atoms with Gasteiger partial charge in [0.2, 0.25) is 21.7 Å². The highest BCUT2D eigenvalue weighted by Crippen LogP contribution is 2.25. The van der Waals surface area contributed by atoms with Crippen LogP contribution in [0.1, 0.15) is 11.5 Å². The molecule has 0 aliphatic carbocycles. The van der Waals surface area contributed by atoms with Gasteiger partial charge in [0, 0.05) is 18.5 Å². The van der Waals surface area contributed by atoms with E-state index in [1.807, 2.05) is 31.2 Å². The molecule has 3 aromatic rings. The molecule has 0 unspecified atom stereocenters. The molecule has 2 heterocycles. The molecule has 1 aromatic carbocycles. The van der Waals surface area contributed by atoms with Crippen LogP contribution in [0, 0.1) is 6.92 Å². The van der Waals surface area contributed by atoms with E-state index in [1.165, 1.54) is 6.07 Å². The lowest BCUT2D eigenvalue weighted by Gasteiger charge is -2.02. The summed E-state index contributed by atoms with van der Waals surface area (Å²) >= 11 is 6.77. The summed E-state index contributed by atoms with van der Waals surface area (Å²) in [6.45, 7) is 2.12. The van der Waals surface area contributed by atoms with E-state index in [0.29, 0.717) is 22.5 Å². The van der Waals surface area contributed by atoms with Crippen LogP contribution in [0.3, 0.4) is 0 Å². The van der Waals surface area contributed by atoms with Crippen LogP contribution in [-0.4, -0.2) is 25.1 Å². The van der Waals surface area contributed by atoms with Crippen LogP contribution in [0.2, 0.25) is 4.34 Å². The minimum Gasteiger partial charge on any atom is -0.339 e. The predicted molar refractivity (Wildman–Crippen MR) is 92.7 cm³/mol. The maximum absolute atomic E-state index is 12.1. The molecule has 24 heavy (non-hydrogen) atoms. The lowest BCUT2D eigenvalue weighted by molar-refractivity contribution is 0.379. The van der Waals surface area contributed by atoms with Gasteiger partial charge >= 0.3 is 0 Å². The predicted octanol–water partition coefficient (Wildman–Crippen LogP) is 3.28. The molecule has 0 atom stereocenters. The molecule has 0 saturated heterocycles. The molecule has 126 valence electrons. The summed E-state index contributed by atoms with van der Waals surface area (Å²) in [6, 6.07) is 10.7. The summed E-state index contributed by atoms with van der Waals surface area (Å²) in [7, 11) is -3.57. The second-order valence-corrected chi connectivity index (χ2v) is 8.74. The van der Waals surface area contributed by atoms with Crippen LogP contribution >= 0.6 is 22.9 Å². The third-order valence-corrected chi connectivity index (χ3v) is 6.48. The molecule has 0 radical (unpaired) electrons. The molecule has 2 aromatic heterocycles. The molecule has 6 nitrogen and oxygen atoms in total. The number of nitrogens with zero attached hydrogens (tertiary/aromatic N) is 2. The Balaban J connectivity index is 1.63. The Morgan fingerprint density at radius 1 is 1.25 bits per heavy atom. The van der Waals surface area contributed by atoms with Gasteiger partial charge in [-0.2, -0.15) is 4.98 Å². The second-order valence-electron chi connectivity index (χ2n) is 5.03. The van der Waals surface area contributed by atoms with Gasteiger partial charge in [-0.25, -0.2) is 13.1 Å². The molecule has 1 N–H and O–H groups in total. The Bertz CT molecular complexity index is 950. The Morgan fingerprint density at radius 2 is 2.04 bits per heavy atom. The van der Waals surface area contributed by atoms with E-state index < -0.39 is 10.0 Å². The van der Waals surface area contributed by atoms with Gasteiger partial charge in [-0.3, -0.25) is 0 Å². The second kappa shape index (κ2) is 7.02. The lowest BCUT2D eigenvalue weighted by atomic mass is 10.1. The van der Waals surface area contributed by atoms with Crippen molar-refractivity contribution in [2.45, 2.75) is 17.6 Å². The average molecular weight is 384 g/mol. The van der Waals surface area contributed by atoms with Gasteiger partial charge in [0.15, 0.2) is 0 Å². The number of rotatable bonds is 6.